The molecule has 0 saturated heterocycles. The second-order valence-corrected chi connectivity index (χ2v) is 5.47. The fourth-order valence-corrected chi connectivity index (χ4v) is 1.33. The Hall–Kier alpha value is -1.03. The minimum absolute atomic E-state index is 0.00392. The van der Waals surface area contributed by atoms with Crippen molar-refractivity contribution in [2.45, 2.75) is 52.1 Å². The molecular formula is C17H34O8. The molecule has 0 spiro atoms. The molecule has 0 amide bonds. The molecule has 3 N–H and O–H groups in total. The summed E-state index contributed by atoms with van der Waals surface area (Å²) in [5, 5.41) is 26.0. The van der Waals surface area contributed by atoms with Gasteiger partial charge in [0.25, 0.3) is 0 Å². The smallest absolute Gasteiger partial charge is 0.327 e. The van der Waals surface area contributed by atoms with Crippen LogP contribution in [0.3, 0.4) is 0 Å². The fourth-order valence-electron chi connectivity index (χ4n) is 1.33. The van der Waals surface area contributed by atoms with E-state index >= 15 is 0 Å². The van der Waals surface area contributed by atoms with Crippen LogP contribution in [0.15, 0.2) is 12.7 Å². The van der Waals surface area contributed by atoms with E-state index in [2.05, 4.69) is 6.58 Å². The van der Waals surface area contributed by atoms with Crippen LogP contribution in [0.5, 0.6) is 0 Å². The third-order valence-corrected chi connectivity index (χ3v) is 2.75. The van der Waals surface area contributed by atoms with Crippen LogP contribution in [-0.2, 0) is 23.7 Å². The molecule has 0 aliphatic rings. The number of carboxylic acid groups (broad SMARTS) is 1. The molecule has 0 fully saturated rings. The first-order valence-electron chi connectivity index (χ1n) is 8.33. The maximum atomic E-state index is 9.54. The van der Waals surface area contributed by atoms with Crippen LogP contribution in [0.2, 0.25) is 0 Å². The first-order valence-corrected chi connectivity index (χ1v) is 8.33. The van der Waals surface area contributed by atoms with Crippen molar-refractivity contribution in [1.82, 2.24) is 0 Å². The number of aliphatic hydroxyl groups is 2. The SMILES string of the molecule is C=CC(=O)O.CCOCC(O)COC(C)COC(C)COC(C)CO. The van der Waals surface area contributed by atoms with Crippen molar-refractivity contribution in [2.75, 3.05) is 39.6 Å². The number of carbonyl (C=O) groups is 1. The van der Waals surface area contributed by atoms with E-state index in [0.29, 0.717) is 19.8 Å². The van der Waals surface area contributed by atoms with Crippen molar-refractivity contribution in [3.8, 4) is 0 Å². The fraction of sp³-hybridized carbons (Fsp3) is 0.824. The maximum absolute atomic E-state index is 9.54. The Balaban J connectivity index is 0. The van der Waals surface area contributed by atoms with Gasteiger partial charge in [0.1, 0.15) is 6.10 Å². The predicted octanol–water partition coefficient (Wildman–Crippen LogP) is 0.848. The zero-order chi connectivity index (χ0) is 19.7. The molecule has 0 aliphatic carbocycles. The van der Waals surface area contributed by atoms with E-state index in [9.17, 15) is 9.90 Å². The summed E-state index contributed by atoms with van der Waals surface area (Å²) in [5.41, 5.74) is 0. The van der Waals surface area contributed by atoms with E-state index in [4.69, 9.17) is 29.2 Å². The van der Waals surface area contributed by atoms with Crippen LogP contribution in [0.1, 0.15) is 27.7 Å². The molecule has 4 unspecified atom stereocenters. The Labute approximate surface area is 150 Å². The lowest BCUT2D eigenvalue weighted by atomic mass is 10.3. The van der Waals surface area contributed by atoms with Crippen LogP contribution in [-0.4, -0.2) is 85.3 Å². The quantitative estimate of drug-likeness (QED) is 0.388. The molecule has 0 radical (unpaired) electrons. The van der Waals surface area contributed by atoms with Crippen LogP contribution in [0.25, 0.3) is 0 Å². The minimum atomic E-state index is -0.981. The number of aliphatic hydroxyl groups excluding tert-OH is 2. The van der Waals surface area contributed by atoms with Crippen molar-refractivity contribution >= 4 is 5.97 Å². The molecule has 0 aliphatic heterocycles. The molecule has 0 aromatic carbocycles. The molecule has 0 aromatic heterocycles. The Morgan fingerprint density at radius 3 is 1.84 bits per heavy atom. The van der Waals surface area contributed by atoms with Crippen LogP contribution < -0.4 is 0 Å². The lowest BCUT2D eigenvalue weighted by Crippen LogP contribution is -2.29. The van der Waals surface area contributed by atoms with Crippen molar-refractivity contribution in [2.24, 2.45) is 0 Å². The number of ether oxygens (including phenoxy) is 4. The molecule has 8 nitrogen and oxygen atoms in total. The highest BCUT2D eigenvalue weighted by Gasteiger charge is 2.11. The highest BCUT2D eigenvalue weighted by molar-refractivity contribution is 5.78. The number of rotatable bonds is 14. The molecule has 150 valence electrons. The van der Waals surface area contributed by atoms with Gasteiger partial charge >= 0.3 is 5.97 Å². The van der Waals surface area contributed by atoms with Crippen LogP contribution in [0, 0.1) is 0 Å². The van der Waals surface area contributed by atoms with Crippen molar-refractivity contribution in [3.05, 3.63) is 12.7 Å². The van der Waals surface area contributed by atoms with Gasteiger partial charge in [0.2, 0.25) is 0 Å². The molecule has 0 aromatic rings. The number of aliphatic carboxylic acids is 1. The van der Waals surface area contributed by atoms with Crippen molar-refractivity contribution in [3.63, 3.8) is 0 Å². The van der Waals surface area contributed by atoms with Gasteiger partial charge in [-0.2, -0.15) is 0 Å². The average Bonchev–Trinajstić information content (AvgIpc) is 2.60. The van der Waals surface area contributed by atoms with Crippen LogP contribution in [0.4, 0.5) is 0 Å². The Bertz CT molecular complexity index is 324. The maximum Gasteiger partial charge on any atom is 0.327 e. The molecule has 0 saturated carbocycles. The highest BCUT2D eigenvalue weighted by atomic mass is 16.6. The standard InChI is InChI=1S/C14H30O6.C3H4O2/c1-5-17-9-14(16)10-20-13(4)8-19-12(3)7-18-11(2)6-15;1-2-3(4)5/h11-16H,5-10H2,1-4H3;2H,1H2,(H,4,5). The second kappa shape index (κ2) is 17.8. The highest BCUT2D eigenvalue weighted by Crippen LogP contribution is 2.01. The van der Waals surface area contributed by atoms with E-state index in [1.807, 2.05) is 20.8 Å². The average molecular weight is 366 g/mol. The van der Waals surface area contributed by atoms with E-state index in [-0.39, 0.29) is 38.1 Å². The van der Waals surface area contributed by atoms with Crippen LogP contribution >= 0.6 is 0 Å². The predicted molar refractivity (Wildman–Crippen MR) is 93.7 cm³/mol. The van der Waals surface area contributed by atoms with Gasteiger partial charge in [-0.3, -0.25) is 0 Å². The van der Waals surface area contributed by atoms with E-state index < -0.39 is 12.1 Å². The molecule has 0 bridgehead atoms. The van der Waals surface area contributed by atoms with Gasteiger partial charge in [-0.15, -0.1) is 0 Å². The normalized spacial score (nSPS) is 15.4. The molecule has 0 rings (SSSR count). The molecule has 4 atom stereocenters. The monoisotopic (exact) mass is 366 g/mol. The van der Waals surface area contributed by atoms with E-state index in [1.165, 1.54) is 0 Å². The largest absolute Gasteiger partial charge is 0.478 e. The van der Waals surface area contributed by atoms with Gasteiger partial charge in [0.15, 0.2) is 0 Å². The first kappa shape index (κ1) is 26.2. The zero-order valence-corrected chi connectivity index (χ0v) is 15.7. The summed E-state index contributed by atoms with van der Waals surface area (Å²) < 4.78 is 21.5. The first-order chi connectivity index (χ1) is 11.8. The Kier molecular flexibility index (Phi) is 18.6. The topological polar surface area (TPSA) is 115 Å². The van der Waals surface area contributed by atoms with E-state index in [1.54, 1.807) is 6.92 Å². The summed E-state index contributed by atoms with van der Waals surface area (Å²) in [7, 11) is 0. The van der Waals surface area contributed by atoms with Gasteiger partial charge in [-0.05, 0) is 27.7 Å². The Morgan fingerprint density at radius 2 is 1.44 bits per heavy atom. The van der Waals surface area contributed by atoms with Gasteiger partial charge < -0.3 is 34.3 Å². The lowest BCUT2D eigenvalue weighted by molar-refractivity contribution is -0.131. The zero-order valence-electron chi connectivity index (χ0n) is 15.7. The Morgan fingerprint density at radius 1 is 1.00 bits per heavy atom. The van der Waals surface area contributed by atoms with Gasteiger partial charge in [0.05, 0.1) is 51.3 Å². The summed E-state index contributed by atoms with van der Waals surface area (Å²) in [4.78, 5) is 9.25. The third kappa shape index (κ3) is 20.9. The lowest BCUT2D eigenvalue weighted by Gasteiger charge is -2.20. The minimum Gasteiger partial charge on any atom is -0.478 e. The summed E-state index contributed by atoms with van der Waals surface area (Å²) >= 11 is 0. The van der Waals surface area contributed by atoms with Gasteiger partial charge in [-0.1, -0.05) is 6.58 Å². The molecule has 8 heteroatoms. The molecule has 0 heterocycles. The third-order valence-electron chi connectivity index (χ3n) is 2.75. The summed E-state index contributed by atoms with van der Waals surface area (Å²) in [6.45, 7) is 12.4. The van der Waals surface area contributed by atoms with Gasteiger partial charge in [-0.25, -0.2) is 4.79 Å². The second-order valence-electron chi connectivity index (χ2n) is 5.47. The van der Waals surface area contributed by atoms with E-state index in [0.717, 1.165) is 6.08 Å². The number of carboxylic acids is 1. The van der Waals surface area contributed by atoms with Gasteiger partial charge in [0, 0.05) is 12.7 Å². The number of hydrogen-bond acceptors (Lipinski definition) is 7. The number of hydrogen-bond donors (Lipinski definition) is 3. The summed E-state index contributed by atoms with van der Waals surface area (Å²) in [6, 6.07) is 0. The molecule has 25 heavy (non-hydrogen) atoms. The van der Waals surface area contributed by atoms with Crippen molar-refractivity contribution < 1.29 is 39.1 Å². The van der Waals surface area contributed by atoms with Crippen molar-refractivity contribution in [1.29, 1.82) is 0 Å². The summed E-state index contributed by atoms with van der Waals surface area (Å²) in [6.07, 6.45) is -0.126. The summed E-state index contributed by atoms with van der Waals surface area (Å²) in [5.74, 6) is -0.981. The molecular weight excluding hydrogens is 332 g/mol.